The highest BCUT2D eigenvalue weighted by Crippen LogP contribution is 2.40. The van der Waals surface area contributed by atoms with Crippen molar-refractivity contribution in [1.82, 2.24) is 0 Å². The molecule has 3 nitrogen and oxygen atoms in total. The molecule has 0 unspecified atom stereocenters. The van der Waals surface area contributed by atoms with Crippen LogP contribution in [-0.2, 0) is 15.3 Å². The molecule has 0 radical (unpaired) electrons. The summed E-state index contributed by atoms with van der Waals surface area (Å²) in [4.78, 5) is 28.2. The van der Waals surface area contributed by atoms with E-state index in [1.54, 1.807) is 18.2 Å². The van der Waals surface area contributed by atoms with Crippen molar-refractivity contribution in [2.24, 2.45) is 0 Å². The summed E-state index contributed by atoms with van der Waals surface area (Å²) in [6.45, 7) is 1.82. The first-order chi connectivity index (χ1) is 14.5. The molecule has 4 rings (SSSR count). The minimum atomic E-state index is -0.437. The quantitative estimate of drug-likeness (QED) is 0.459. The Bertz CT molecular complexity index is 1160. The second kappa shape index (κ2) is 8.46. The summed E-state index contributed by atoms with van der Waals surface area (Å²) in [7, 11) is 0. The van der Waals surface area contributed by atoms with E-state index in [9.17, 15) is 14.0 Å². The van der Waals surface area contributed by atoms with E-state index in [0.717, 1.165) is 16.0 Å². The Morgan fingerprint density at radius 1 is 0.933 bits per heavy atom. The van der Waals surface area contributed by atoms with Crippen LogP contribution in [0.4, 0.5) is 10.1 Å². The molecule has 0 saturated carbocycles. The number of nitrogens with zero attached hydrogens (tertiary/aromatic N) is 1. The van der Waals surface area contributed by atoms with Crippen molar-refractivity contribution in [2.45, 2.75) is 12.7 Å². The van der Waals surface area contributed by atoms with Crippen LogP contribution in [-0.4, -0.2) is 11.8 Å². The fourth-order valence-corrected chi connectivity index (χ4v) is 4.52. The summed E-state index contributed by atoms with van der Waals surface area (Å²) in [6.07, 6.45) is 0. The van der Waals surface area contributed by atoms with E-state index in [1.807, 2.05) is 37.3 Å². The molecule has 2 amide bonds. The van der Waals surface area contributed by atoms with Crippen LogP contribution in [0, 0.1) is 12.7 Å². The van der Waals surface area contributed by atoms with Crippen molar-refractivity contribution in [3.8, 4) is 0 Å². The summed E-state index contributed by atoms with van der Waals surface area (Å²) in [5.41, 5.74) is 3.03. The molecular formula is C24H17ClFNO2S. The number of aryl methyl sites for hydroxylation is 1. The van der Waals surface area contributed by atoms with Crippen LogP contribution in [0.1, 0.15) is 16.7 Å². The highest BCUT2D eigenvalue weighted by atomic mass is 35.5. The maximum absolute atomic E-state index is 13.5. The first-order valence-corrected chi connectivity index (χ1v) is 10.6. The minimum absolute atomic E-state index is 0.278. The van der Waals surface area contributed by atoms with Gasteiger partial charge < -0.3 is 0 Å². The van der Waals surface area contributed by atoms with Gasteiger partial charge in [0.05, 0.1) is 16.2 Å². The third-order valence-electron chi connectivity index (χ3n) is 4.81. The van der Waals surface area contributed by atoms with Gasteiger partial charge in [-0.1, -0.05) is 60.1 Å². The second-order valence-electron chi connectivity index (χ2n) is 6.86. The van der Waals surface area contributed by atoms with E-state index in [-0.39, 0.29) is 5.57 Å². The molecule has 0 aliphatic carbocycles. The van der Waals surface area contributed by atoms with Gasteiger partial charge in [0.2, 0.25) is 0 Å². The van der Waals surface area contributed by atoms with Gasteiger partial charge in [0.1, 0.15) is 5.82 Å². The number of amides is 2. The maximum atomic E-state index is 13.5. The summed E-state index contributed by atoms with van der Waals surface area (Å²) < 4.78 is 13.5. The van der Waals surface area contributed by atoms with Crippen LogP contribution in [0.5, 0.6) is 0 Å². The van der Waals surface area contributed by atoms with Gasteiger partial charge in [0, 0.05) is 10.8 Å². The molecule has 0 aromatic heterocycles. The number of imide groups is 1. The topological polar surface area (TPSA) is 37.4 Å². The summed E-state index contributed by atoms with van der Waals surface area (Å²) in [6, 6.07) is 20.4. The molecule has 6 heteroatoms. The Hall–Kier alpha value is -2.89. The van der Waals surface area contributed by atoms with Crippen LogP contribution in [0.25, 0.3) is 5.57 Å². The molecule has 1 aliphatic rings. The van der Waals surface area contributed by atoms with Gasteiger partial charge in [-0.05, 0) is 47.9 Å². The van der Waals surface area contributed by atoms with Gasteiger partial charge in [-0.25, -0.2) is 9.29 Å². The highest BCUT2D eigenvalue weighted by Gasteiger charge is 2.40. The first-order valence-electron chi connectivity index (χ1n) is 9.27. The Morgan fingerprint density at radius 2 is 1.63 bits per heavy atom. The van der Waals surface area contributed by atoms with Gasteiger partial charge in [0.25, 0.3) is 11.8 Å². The molecule has 0 bridgehead atoms. The Morgan fingerprint density at radius 3 is 2.33 bits per heavy atom. The Kier molecular flexibility index (Phi) is 5.75. The van der Waals surface area contributed by atoms with Crippen LogP contribution in [0.15, 0.2) is 77.7 Å². The predicted octanol–water partition coefficient (Wildman–Crippen LogP) is 6.01. The van der Waals surface area contributed by atoms with Crippen molar-refractivity contribution in [1.29, 1.82) is 0 Å². The van der Waals surface area contributed by atoms with Gasteiger partial charge in [-0.3, -0.25) is 9.59 Å². The summed E-state index contributed by atoms with van der Waals surface area (Å²) in [5.74, 6) is -0.710. The van der Waals surface area contributed by atoms with Gasteiger partial charge in [-0.2, -0.15) is 0 Å². The van der Waals surface area contributed by atoms with Gasteiger partial charge in [-0.15, -0.1) is 11.8 Å². The van der Waals surface area contributed by atoms with Crippen molar-refractivity contribution >= 4 is 46.4 Å². The average molecular weight is 438 g/mol. The number of benzene rings is 3. The monoisotopic (exact) mass is 437 g/mol. The van der Waals surface area contributed by atoms with E-state index in [4.69, 9.17) is 11.6 Å². The molecular weight excluding hydrogens is 421 g/mol. The fourth-order valence-electron chi connectivity index (χ4n) is 3.29. The lowest BCUT2D eigenvalue weighted by Gasteiger charge is -2.18. The molecule has 0 fully saturated rings. The number of rotatable bonds is 5. The highest BCUT2D eigenvalue weighted by molar-refractivity contribution is 8.03. The SMILES string of the molecule is Cc1ccc(Cl)cc1N1C(=O)C(SCc2ccccc2)=C(c2ccc(F)cc2)C1=O. The zero-order valence-electron chi connectivity index (χ0n) is 16.1. The van der Waals surface area contributed by atoms with Crippen LogP contribution < -0.4 is 4.90 Å². The van der Waals surface area contributed by atoms with Crippen molar-refractivity contribution in [2.75, 3.05) is 4.90 Å². The number of hydrogen-bond donors (Lipinski definition) is 0. The third kappa shape index (κ3) is 3.91. The average Bonchev–Trinajstić information content (AvgIpc) is 2.99. The molecule has 3 aromatic rings. The molecule has 0 saturated heterocycles. The van der Waals surface area contributed by atoms with E-state index < -0.39 is 17.6 Å². The number of hydrogen-bond acceptors (Lipinski definition) is 3. The van der Waals surface area contributed by atoms with Crippen LogP contribution in [0.2, 0.25) is 5.02 Å². The third-order valence-corrected chi connectivity index (χ3v) is 6.19. The zero-order chi connectivity index (χ0) is 21.3. The fraction of sp³-hybridized carbons (Fsp3) is 0.0833. The van der Waals surface area contributed by atoms with Crippen molar-refractivity contribution < 1.29 is 14.0 Å². The maximum Gasteiger partial charge on any atom is 0.272 e. The smallest absolute Gasteiger partial charge is 0.268 e. The lowest BCUT2D eigenvalue weighted by Crippen LogP contribution is -2.32. The standard InChI is InChI=1S/C24H17ClFNO2S/c1-15-7-10-18(25)13-20(15)27-23(28)21(17-8-11-19(26)12-9-17)22(24(27)29)30-14-16-5-3-2-4-6-16/h2-13H,14H2,1H3. The van der Waals surface area contributed by atoms with Crippen molar-refractivity contribution in [3.05, 3.63) is 105 Å². The summed E-state index contributed by atoms with van der Waals surface area (Å²) >= 11 is 7.43. The molecule has 30 heavy (non-hydrogen) atoms. The molecule has 1 heterocycles. The predicted molar refractivity (Wildman–Crippen MR) is 120 cm³/mol. The molecule has 0 spiro atoms. The Labute approximate surface area is 183 Å². The number of thioether (sulfide) groups is 1. The molecule has 150 valence electrons. The Balaban J connectivity index is 1.77. The molecule has 3 aromatic carbocycles. The van der Waals surface area contributed by atoms with Gasteiger partial charge in [0.15, 0.2) is 0 Å². The van der Waals surface area contributed by atoms with Crippen molar-refractivity contribution in [3.63, 3.8) is 0 Å². The lowest BCUT2D eigenvalue weighted by atomic mass is 10.1. The first kappa shape index (κ1) is 20.4. The van der Waals surface area contributed by atoms with Crippen LogP contribution >= 0.6 is 23.4 Å². The summed E-state index contributed by atoms with van der Waals surface area (Å²) in [5, 5.41) is 0.435. The molecule has 1 aliphatic heterocycles. The van der Waals surface area contributed by atoms with E-state index in [2.05, 4.69) is 0 Å². The lowest BCUT2D eigenvalue weighted by molar-refractivity contribution is -0.119. The van der Waals surface area contributed by atoms with Gasteiger partial charge >= 0.3 is 0 Å². The number of anilines is 1. The van der Waals surface area contributed by atoms with E-state index in [1.165, 1.54) is 36.0 Å². The van der Waals surface area contributed by atoms with E-state index in [0.29, 0.717) is 26.9 Å². The number of halogens is 2. The number of carbonyl (C=O) groups is 2. The molecule has 0 atom stereocenters. The number of carbonyl (C=O) groups excluding carboxylic acids is 2. The van der Waals surface area contributed by atoms with E-state index >= 15 is 0 Å². The minimum Gasteiger partial charge on any atom is -0.268 e. The normalized spacial score (nSPS) is 14.0. The zero-order valence-corrected chi connectivity index (χ0v) is 17.6. The van der Waals surface area contributed by atoms with Crippen LogP contribution in [0.3, 0.4) is 0 Å². The largest absolute Gasteiger partial charge is 0.272 e. The second-order valence-corrected chi connectivity index (χ2v) is 8.28. The molecule has 0 N–H and O–H groups in total.